The number of carbonyl (C=O) groups is 2. The molecule has 0 aliphatic carbocycles. The fraction of sp³-hybridized carbons (Fsp3) is 0.619. The second kappa shape index (κ2) is 9.11. The summed E-state index contributed by atoms with van der Waals surface area (Å²) in [5, 5.41) is 3.10. The number of ether oxygens (including phenoxy) is 2. The summed E-state index contributed by atoms with van der Waals surface area (Å²) in [5.74, 6) is 1.59. The molecule has 0 spiro atoms. The van der Waals surface area contributed by atoms with E-state index in [4.69, 9.17) is 9.47 Å². The van der Waals surface area contributed by atoms with E-state index < -0.39 is 0 Å². The summed E-state index contributed by atoms with van der Waals surface area (Å²) in [7, 11) is 3.21. The maximum absolute atomic E-state index is 12.5. The molecule has 2 rings (SSSR count). The van der Waals surface area contributed by atoms with E-state index in [1.807, 2.05) is 43.9 Å². The largest absolute Gasteiger partial charge is 0.493 e. The van der Waals surface area contributed by atoms with Gasteiger partial charge in [-0.05, 0) is 37.0 Å². The lowest BCUT2D eigenvalue weighted by Gasteiger charge is -2.33. The molecule has 1 aliphatic rings. The van der Waals surface area contributed by atoms with Crippen molar-refractivity contribution >= 4 is 11.8 Å². The van der Waals surface area contributed by atoms with Gasteiger partial charge in [-0.3, -0.25) is 9.59 Å². The zero-order valence-electron chi connectivity index (χ0n) is 17.1. The van der Waals surface area contributed by atoms with Crippen molar-refractivity contribution in [3.8, 4) is 11.5 Å². The smallest absolute Gasteiger partial charge is 0.225 e. The van der Waals surface area contributed by atoms with Crippen LogP contribution in [0.5, 0.6) is 11.5 Å². The van der Waals surface area contributed by atoms with Gasteiger partial charge in [0.25, 0.3) is 0 Å². The number of nitrogens with zero attached hydrogens (tertiary/aromatic N) is 1. The molecule has 6 nitrogen and oxygen atoms in total. The quantitative estimate of drug-likeness (QED) is 0.829. The summed E-state index contributed by atoms with van der Waals surface area (Å²) in [6.45, 7) is 7.12. The summed E-state index contributed by atoms with van der Waals surface area (Å²) in [5.41, 5.74) is 0.667. The molecule has 1 N–H and O–H groups in total. The van der Waals surface area contributed by atoms with E-state index in [0.717, 1.165) is 18.4 Å². The van der Waals surface area contributed by atoms with Gasteiger partial charge in [0.2, 0.25) is 11.8 Å². The van der Waals surface area contributed by atoms with Crippen LogP contribution in [-0.4, -0.2) is 50.1 Å². The Morgan fingerprint density at radius 2 is 1.74 bits per heavy atom. The Balaban J connectivity index is 1.80. The average Bonchev–Trinajstić information content (AvgIpc) is 2.65. The number of amides is 2. The number of piperidine rings is 1. The fourth-order valence-electron chi connectivity index (χ4n) is 3.12. The summed E-state index contributed by atoms with van der Waals surface area (Å²) in [4.78, 5) is 26.5. The van der Waals surface area contributed by atoms with Crippen LogP contribution in [-0.2, 0) is 16.0 Å². The van der Waals surface area contributed by atoms with Crippen LogP contribution in [0.15, 0.2) is 18.2 Å². The van der Waals surface area contributed by atoms with Crippen molar-refractivity contribution in [2.75, 3.05) is 27.3 Å². The zero-order chi connectivity index (χ0) is 20.0. The molecule has 0 radical (unpaired) electrons. The van der Waals surface area contributed by atoms with Crippen LogP contribution in [0.25, 0.3) is 0 Å². The maximum Gasteiger partial charge on any atom is 0.225 e. The van der Waals surface area contributed by atoms with Crippen molar-refractivity contribution in [1.29, 1.82) is 0 Å². The van der Waals surface area contributed by atoms with Crippen molar-refractivity contribution < 1.29 is 19.1 Å². The van der Waals surface area contributed by atoms with Gasteiger partial charge in [0, 0.05) is 31.0 Å². The standard InChI is InChI=1S/C21H32N2O4/c1-21(2,3)20(25)22-16-10-12-23(13-11-16)19(24)9-7-15-6-8-17(26-4)18(14-15)27-5/h6,8,14,16H,7,9-13H2,1-5H3,(H,22,25). The Morgan fingerprint density at radius 1 is 1.11 bits per heavy atom. The zero-order valence-corrected chi connectivity index (χ0v) is 17.1. The van der Waals surface area contributed by atoms with Crippen molar-refractivity contribution in [1.82, 2.24) is 10.2 Å². The summed E-state index contributed by atoms with van der Waals surface area (Å²) in [6.07, 6.45) is 2.75. The van der Waals surface area contributed by atoms with Gasteiger partial charge in [-0.1, -0.05) is 26.8 Å². The van der Waals surface area contributed by atoms with Gasteiger partial charge >= 0.3 is 0 Å². The monoisotopic (exact) mass is 376 g/mol. The first-order valence-corrected chi connectivity index (χ1v) is 9.54. The number of hydrogen-bond acceptors (Lipinski definition) is 4. The first kappa shape index (κ1) is 21.1. The maximum atomic E-state index is 12.5. The van der Waals surface area contributed by atoms with E-state index in [9.17, 15) is 9.59 Å². The fourth-order valence-corrected chi connectivity index (χ4v) is 3.12. The van der Waals surface area contributed by atoms with Gasteiger partial charge in [-0.25, -0.2) is 0 Å². The molecule has 1 fully saturated rings. The molecule has 1 aliphatic heterocycles. The average molecular weight is 376 g/mol. The van der Waals surface area contributed by atoms with Gasteiger partial charge in [-0.2, -0.15) is 0 Å². The van der Waals surface area contributed by atoms with Crippen LogP contribution in [0.4, 0.5) is 0 Å². The highest BCUT2D eigenvalue weighted by Gasteiger charge is 2.27. The molecule has 150 valence electrons. The normalized spacial score (nSPS) is 15.4. The minimum atomic E-state index is -0.383. The number of rotatable bonds is 6. The van der Waals surface area contributed by atoms with E-state index >= 15 is 0 Å². The third kappa shape index (κ3) is 5.88. The molecule has 0 saturated carbocycles. The minimum absolute atomic E-state index is 0.0701. The van der Waals surface area contributed by atoms with Gasteiger partial charge < -0.3 is 19.7 Å². The van der Waals surface area contributed by atoms with Crippen LogP contribution < -0.4 is 14.8 Å². The lowest BCUT2D eigenvalue weighted by atomic mass is 9.94. The number of methoxy groups -OCH3 is 2. The molecule has 0 aromatic heterocycles. The predicted octanol–water partition coefficient (Wildman–Crippen LogP) is 2.79. The number of aryl methyl sites for hydroxylation is 1. The van der Waals surface area contributed by atoms with E-state index in [0.29, 0.717) is 37.4 Å². The summed E-state index contributed by atoms with van der Waals surface area (Å²) >= 11 is 0. The van der Waals surface area contributed by atoms with Crippen LogP contribution in [0.3, 0.4) is 0 Å². The highest BCUT2D eigenvalue weighted by molar-refractivity contribution is 5.81. The molecule has 1 heterocycles. The molecule has 0 atom stereocenters. The molecule has 0 unspecified atom stereocenters. The van der Waals surface area contributed by atoms with E-state index in [1.165, 1.54) is 0 Å². The summed E-state index contributed by atoms with van der Waals surface area (Å²) in [6, 6.07) is 5.90. The summed E-state index contributed by atoms with van der Waals surface area (Å²) < 4.78 is 10.6. The van der Waals surface area contributed by atoms with Crippen LogP contribution in [0.1, 0.15) is 45.6 Å². The topological polar surface area (TPSA) is 67.9 Å². The molecule has 1 saturated heterocycles. The van der Waals surface area contributed by atoms with Crippen molar-refractivity contribution in [2.24, 2.45) is 5.41 Å². The van der Waals surface area contributed by atoms with Gasteiger partial charge in [0.05, 0.1) is 14.2 Å². The molecule has 1 aromatic carbocycles. The predicted molar refractivity (Wildman–Crippen MR) is 105 cm³/mol. The van der Waals surface area contributed by atoms with Crippen molar-refractivity contribution in [2.45, 2.75) is 52.5 Å². The number of likely N-dealkylation sites (tertiary alicyclic amines) is 1. The molecular weight excluding hydrogens is 344 g/mol. The molecule has 1 aromatic rings. The van der Waals surface area contributed by atoms with Crippen LogP contribution in [0.2, 0.25) is 0 Å². The number of carbonyl (C=O) groups excluding carboxylic acids is 2. The Hall–Kier alpha value is -2.24. The lowest BCUT2D eigenvalue weighted by Crippen LogP contribution is -2.49. The number of hydrogen-bond donors (Lipinski definition) is 1. The Morgan fingerprint density at radius 3 is 2.30 bits per heavy atom. The van der Waals surface area contributed by atoms with Crippen LogP contribution in [0, 0.1) is 5.41 Å². The third-order valence-corrected chi connectivity index (χ3v) is 4.94. The Bertz CT molecular complexity index is 659. The molecule has 27 heavy (non-hydrogen) atoms. The second-order valence-corrected chi connectivity index (χ2v) is 8.07. The second-order valence-electron chi connectivity index (χ2n) is 8.07. The highest BCUT2D eigenvalue weighted by atomic mass is 16.5. The molecule has 2 amide bonds. The van der Waals surface area contributed by atoms with E-state index in [-0.39, 0.29) is 23.3 Å². The van der Waals surface area contributed by atoms with Gasteiger partial charge in [-0.15, -0.1) is 0 Å². The first-order valence-electron chi connectivity index (χ1n) is 9.54. The Kier molecular flexibility index (Phi) is 7.11. The lowest BCUT2D eigenvalue weighted by molar-refractivity contribution is -0.132. The minimum Gasteiger partial charge on any atom is -0.493 e. The number of benzene rings is 1. The van der Waals surface area contributed by atoms with Crippen LogP contribution >= 0.6 is 0 Å². The van der Waals surface area contributed by atoms with Crippen molar-refractivity contribution in [3.05, 3.63) is 23.8 Å². The van der Waals surface area contributed by atoms with Crippen molar-refractivity contribution in [3.63, 3.8) is 0 Å². The highest BCUT2D eigenvalue weighted by Crippen LogP contribution is 2.28. The third-order valence-electron chi connectivity index (χ3n) is 4.94. The number of nitrogens with one attached hydrogen (secondary N) is 1. The van der Waals surface area contributed by atoms with Gasteiger partial charge in [0.1, 0.15) is 0 Å². The molecular formula is C21H32N2O4. The molecule has 0 bridgehead atoms. The van der Waals surface area contributed by atoms with E-state index in [1.54, 1.807) is 14.2 Å². The Labute approximate surface area is 162 Å². The molecule has 6 heteroatoms. The van der Waals surface area contributed by atoms with E-state index in [2.05, 4.69) is 5.32 Å². The first-order chi connectivity index (χ1) is 12.7. The van der Waals surface area contributed by atoms with Gasteiger partial charge in [0.15, 0.2) is 11.5 Å². The SMILES string of the molecule is COc1ccc(CCC(=O)N2CCC(NC(=O)C(C)(C)C)CC2)cc1OC.